The summed E-state index contributed by atoms with van der Waals surface area (Å²) < 4.78 is 5.56. The van der Waals surface area contributed by atoms with Gasteiger partial charge in [0.2, 0.25) is 0 Å². The van der Waals surface area contributed by atoms with Crippen LogP contribution in [0.15, 0.2) is 18.2 Å². The SMILES string of the molecule is Cc1n[nH]c(C)c1NC(=O)C(C)Oc1ccc(Cl)cc1Cl. The first-order chi connectivity index (χ1) is 9.88. The van der Waals surface area contributed by atoms with Gasteiger partial charge in [-0.3, -0.25) is 9.89 Å². The molecule has 0 saturated heterocycles. The average molecular weight is 328 g/mol. The number of amides is 1. The van der Waals surface area contributed by atoms with Gasteiger partial charge >= 0.3 is 0 Å². The number of H-pyrrole nitrogens is 1. The van der Waals surface area contributed by atoms with Crippen LogP contribution in [0.1, 0.15) is 18.3 Å². The van der Waals surface area contributed by atoms with Crippen LogP contribution in [0.5, 0.6) is 5.75 Å². The molecule has 5 nitrogen and oxygen atoms in total. The molecule has 1 heterocycles. The first-order valence-electron chi connectivity index (χ1n) is 6.32. The fraction of sp³-hybridized carbons (Fsp3) is 0.286. The van der Waals surface area contributed by atoms with E-state index in [-0.39, 0.29) is 5.91 Å². The van der Waals surface area contributed by atoms with Crippen molar-refractivity contribution in [1.29, 1.82) is 0 Å². The van der Waals surface area contributed by atoms with E-state index in [0.29, 0.717) is 21.5 Å². The van der Waals surface area contributed by atoms with Gasteiger partial charge in [0.25, 0.3) is 5.91 Å². The van der Waals surface area contributed by atoms with Crippen LogP contribution in [-0.2, 0) is 4.79 Å². The molecule has 0 aliphatic rings. The highest BCUT2D eigenvalue weighted by Gasteiger charge is 2.19. The monoisotopic (exact) mass is 327 g/mol. The molecule has 21 heavy (non-hydrogen) atoms. The number of aryl methyl sites for hydroxylation is 2. The van der Waals surface area contributed by atoms with Crippen LogP contribution < -0.4 is 10.1 Å². The summed E-state index contributed by atoms with van der Waals surface area (Å²) in [4.78, 5) is 12.2. The van der Waals surface area contributed by atoms with Gasteiger partial charge in [0, 0.05) is 5.02 Å². The van der Waals surface area contributed by atoms with Gasteiger partial charge in [-0.2, -0.15) is 5.10 Å². The van der Waals surface area contributed by atoms with E-state index in [1.54, 1.807) is 32.0 Å². The van der Waals surface area contributed by atoms with Gasteiger partial charge in [-0.25, -0.2) is 0 Å². The first kappa shape index (κ1) is 15.7. The molecule has 0 aliphatic heterocycles. The summed E-state index contributed by atoms with van der Waals surface area (Å²) in [6.45, 7) is 5.28. The molecule has 1 unspecified atom stereocenters. The topological polar surface area (TPSA) is 67.0 Å². The van der Waals surface area contributed by atoms with Crippen molar-refractivity contribution in [2.24, 2.45) is 0 Å². The minimum absolute atomic E-state index is 0.284. The van der Waals surface area contributed by atoms with Gasteiger partial charge in [-0.1, -0.05) is 23.2 Å². The van der Waals surface area contributed by atoms with Gasteiger partial charge in [0.05, 0.1) is 22.1 Å². The fourth-order valence-corrected chi connectivity index (χ4v) is 2.23. The van der Waals surface area contributed by atoms with Gasteiger partial charge in [-0.15, -0.1) is 0 Å². The molecule has 0 fully saturated rings. The molecule has 0 saturated carbocycles. The van der Waals surface area contributed by atoms with E-state index in [1.165, 1.54) is 0 Å². The van der Waals surface area contributed by atoms with E-state index in [0.717, 1.165) is 11.4 Å². The second-order valence-electron chi connectivity index (χ2n) is 4.63. The molecule has 1 aromatic heterocycles. The van der Waals surface area contributed by atoms with E-state index >= 15 is 0 Å². The Kier molecular flexibility index (Phi) is 4.75. The number of carbonyl (C=O) groups excluding carboxylic acids is 1. The highest BCUT2D eigenvalue weighted by Crippen LogP contribution is 2.28. The molecular formula is C14H15Cl2N3O2. The van der Waals surface area contributed by atoms with Crippen molar-refractivity contribution in [2.45, 2.75) is 26.9 Å². The minimum atomic E-state index is -0.711. The third-order valence-corrected chi connectivity index (χ3v) is 3.47. The zero-order chi connectivity index (χ0) is 15.6. The van der Waals surface area contributed by atoms with Crippen molar-refractivity contribution in [3.05, 3.63) is 39.6 Å². The Hall–Kier alpha value is -1.72. The normalized spacial score (nSPS) is 12.0. The maximum absolute atomic E-state index is 12.2. The second-order valence-corrected chi connectivity index (χ2v) is 5.48. The molecule has 2 aromatic rings. The molecule has 1 amide bonds. The van der Waals surface area contributed by atoms with E-state index in [4.69, 9.17) is 27.9 Å². The Bertz CT molecular complexity index is 651. The lowest BCUT2D eigenvalue weighted by molar-refractivity contribution is -0.122. The van der Waals surface area contributed by atoms with Crippen molar-refractivity contribution in [2.75, 3.05) is 5.32 Å². The molecule has 2 rings (SSSR count). The van der Waals surface area contributed by atoms with Crippen LogP contribution in [0, 0.1) is 13.8 Å². The number of aromatic nitrogens is 2. The van der Waals surface area contributed by atoms with Crippen LogP contribution in [0.3, 0.4) is 0 Å². The van der Waals surface area contributed by atoms with Crippen molar-refractivity contribution >= 4 is 34.8 Å². The van der Waals surface area contributed by atoms with Crippen molar-refractivity contribution in [3.63, 3.8) is 0 Å². The van der Waals surface area contributed by atoms with Gasteiger partial charge < -0.3 is 10.1 Å². The average Bonchev–Trinajstić information content (AvgIpc) is 2.73. The van der Waals surface area contributed by atoms with Crippen LogP contribution in [0.25, 0.3) is 0 Å². The summed E-state index contributed by atoms with van der Waals surface area (Å²) in [5, 5.41) is 10.5. The van der Waals surface area contributed by atoms with Crippen LogP contribution in [-0.4, -0.2) is 22.2 Å². The maximum Gasteiger partial charge on any atom is 0.265 e. The lowest BCUT2D eigenvalue weighted by Gasteiger charge is -2.15. The summed E-state index contributed by atoms with van der Waals surface area (Å²) in [6.07, 6.45) is -0.711. The highest BCUT2D eigenvalue weighted by molar-refractivity contribution is 6.35. The van der Waals surface area contributed by atoms with Gasteiger partial charge in [0.15, 0.2) is 6.10 Å². The first-order valence-corrected chi connectivity index (χ1v) is 7.08. The number of carbonyl (C=O) groups is 1. The molecule has 0 aliphatic carbocycles. The number of ether oxygens (including phenoxy) is 1. The maximum atomic E-state index is 12.2. The summed E-state index contributed by atoms with van der Waals surface area (Å²) >= 11 is 11.8. The largest absolute Gasteiger partial charge is 0.479 e. The zero-order valence-electron chi connectivity index (χ0n) is 11.8. The molecule has 0 bridgehead atoms. The molecule has 0 radical (unpaired) electrons. The molecule has 1 aromatic carbocycles. The van der Waals surface area contributed by atoms with Crippen molar-refractivity contribution in [1.82, 2.24) is 10.2 Å². The van der Waals surface area contributed by atoms with Crippen LogP contribution in [0.4, 0.5) is 5.69 Å². The standard InChI is InChI=1S/C14H15Cl2N3O2/c1-7-13(8(2)19-18-7)17-14(20)9(3)21-12-5-4-10(15)6-11(12)16/h4-6,9H,1-3H3,(H,17,20)(H,18,19). The number of halogens is 2. The number of benzene rings is 1. The number of nitrogens with zero attached hydrogens (tertiary/aromatic N) is 1. The van der Waals surface area contributed by atoms with Crippen LogP contribution in [0.2, 0.25) is 10.0 Å². The zero-order valence-corrected chi connectivity index (χ0v) is 13.3. The summed E-state index contributed by atoms with van der Waals surface area (Å²) in [5.41, 5.74) is 2.17. The highest BCUT2D eigenvalue weighted by atomic mass is 35.5. The number of aromatic amines is 1. The number of nitrogens with one attached hydrogen (secondary N) is 2. The van der Waals surface area contributed by atoms with Crippen LogP contribution >= 0.6 is 23.2 Å². The summed E-state index contributed by atoms with van der Waals surface area (Å²) in [6, 6.07) is 4.84. The molecule has 112 valence electrons. The lowest BCUT2D eigenvalue weighted by Crippen LogP contribution is -2.30. The lowest BCUT2D eigenvalue weighted by atomic mass is 10.3. The number of hydrogen-bond donors (Lipinski definition) is 2. The Labute approximate surface area is 132 Å². The Morgan fingerprint density at radius 2 is 2.10 bits per heavy atom. The fourth-order valence-electron chi connectivity index (χ4n) is 1.77. The van der Waals surface area contributed by atoms with Crippen molar-refractivity contribution in [3.8, 4) is 5.75 Å². The Balaban J connectivity index is 2.06. The summed E-state index contributed by atoms with van der Waals surface area (Å²) in [7, 11) is 0. The number of anilines is 1. The molecule has 0 spiro atoms. The van der Waals surface area contributed by atoms with Crippen molar-refractivity contribution < 1.29 is 9.53 Å². The van der Waals surface area contributed by atoms with E-state index in [9.17, 15) is 4.79 Å². The third-order valence-electron chi connectivity index (χ3n) is 2.94. The van der Waals surface area contributed by atoms with E-state index < -0.39 is 6.10 Å². The predicted octanol–water partition coefficient (Wildman–Crippen LogP) is 3.74. The predicted molar refractivity (Wildman–Crippen MR) is 83.2 cm³/mol. The molecular weight excluding hydrogens is 313 g/mol. The van der Waals surface area contributed by atoms with E-state index in [1.807, 2.05) is 6.92 Å². The van der Waals surface area contributed by atoms with E-state index in [2.05, 4.69) is 15.5 Å². The number of hydrogen-bond acceptors (Lipinski definition) is 3. The third kappa shape index (κ3) is 3.68. The number of rotatable bonds is 4. The quantitative estimate of drug-likeness (QED) is 0.898. The summed E-state index contributed by atoms with van der Waals surface area (Å²) in [5.74, 6) is 0.123. The molecule has 7 heteroatoms. The minimum Gasteiger partial charge on any atom is -0.479 e. The Morgan fingerprint density at radius 1 is 1.38 bits per heavy atom. The van der Waals surface area contributed by atoms with Gasteiger partial charge in [0.1, 0.15) is 5.75 Å². The molecule has 1 atom stereocenters. The smallest absolute Gasteiger partial charge is 0.265 e. The van der Waals surface area contributed by atoms with Gasteiger partial charge in [-0.05, 0) is 39.0 Å². The Morgan fingerprint density at radius 3 is 2.67 bits per heavy atom. The second kappa shape index (κ2) is 6.37. The molecule has 2 N–H and O–H groups in total.